The van der Waals surface area contributed by atoms with Crippen molar-refractivity contribution in [3.63, 3.8) is 0 Å². The van der Waals surface area contributed by atoms with Crippen LogP contribution in [0.4, 0.5) is 5.69 Å². The maximum Gasteiger partial charge on any atom is 0.286 e. The van der Waals surface area contributed by atoms with Crippen LogP contribution in [-0.4, -0.2) is 28.6 Å². The van der Waals surface area contributed by atoms with Crippen LogP contribution in [0.5, 0.6) is 0 Å². The monoisotopic (exact) mass is 392 g/mol. The van der Waals surface area contributed by atoms with Gasteiger partial charge in [-0.25, -0.2) is 0 Å². The molecule has 2 heterocycles. The predicted octanol–water partition coefficient (Wildman–Crippen LogP) is 3.48. The number of nitrogens with one attached hydrogen (secondary N) is 2. The number of thiophene rings is 1. The molecule has 2 N–H and O–H groups in total. The minimum absolute atomic E-state index is 0.114. The lowest BCUT2D eigenvalue weighted by Gasteiger charge is -2.02. The normalized spacial score (nSPS) is 10.4. The summed E-state index contributed by atoms with van der Waals surface area (Å²) in [5.74, 6) is -0.770. The van der Waals surface area contributed by atoms with Crippen molar-refractivity contribution >= 4 is 51.8 Å². The molecular weight excluding hydrogens is 380 g/mol. The van der Waals surface area contributed by atoms with Crippen LogP contribution in [0.1, 0.15) is 24.5 Å². The molecule has 0 spiro atoms. The zero-order valence-electron chi connectivity index (χ0n) is 12.9. The van der Waals surface area contributed by atoms with Crippen LogP contribution in [0.15, 0.2) is 41.8 Å². The van der Waals surface area contributed by atoms with Gasteiger partial charge in [0.25, 0.3) is 11.8 Å². The molecule has 25 heavy (non-hydrogen) atoms. The summed E-state index contributed by atoms with van der Waals surface area (Å²) in [7, 11) is 0. The van der Waals surface area contributed by atoms with Crippen LogP contribution in [0.25, 0.3) is 0 Å². The Morgan fingerprint density at radius 1 is 1.08 bits per heavy atom. The molecule has 0 atom stereocenters. The molecule has 2 amide bonds. The minimum atomic E-state index is -0.433. The van der Waals surface area contributed by atoms with Gasteiger partial charge in [-0.2, -0.15) is 0 Å². The van der Waals surface area contributed by atoms with Crippen LogP contribution in [0, 0.1) is 0 Å². The van der Waals surface area contributed by atoms with E-state index in [0.29, 0.717) is 17.3 Å². The third kappa shape index (κ3) is 4.85. The number of aromatic nitrogens is 2. The third-order valence-electron chi connectivity index (χ3n) is 3.13. The first-order valence-corrected chi connectivity index (χ1v) is 9.40. The van der Waals surface area contributed by atoms with Crippen LogP contribution in [0.2, 0.25) is 5.02 Å². The Balaban J connectivity index is 1.55. The molecule has 0 saturated carbocycles. The van der Waals surface area contributed by atoms with Gasteiger partial charge in [0.2, 0.25) is 10.0 Å². The molecule has 0 aliphatic heterocycles. The SMILES string of the molecule is O=C(NCCc1cccs1)c1nnc(C(=O)Nc2cccc(Cl)c2)s1. The fourth-order valence-corrected chi connectivity index (χ4v) is 3.54. The molecule has 9 heteroatoms. The van der Waals surface area contributed by atoms with Gasteiger partial charge in [-0.1, -0.05) is 35.1 Å². The molecule has 1 aromatic carbocycles. The zero-order valence-corrected chi connectivity index (χ0v) is 15.2. The van der Waals surface area contributed by atoms with Gasteiger partial charge < -0.3 is 10.6 Å². The highest BCUT2D eigenvalue weighted by Gasteiger charge is 2.17. The number of carbonyl (C=O) groups excluding carboxylic acids is 2. The number of carbonyl (C=O) groups is 2. The second-order valence-corrected chi connectivity index (χ2v) is 7.41. The minimum Gasteiger partial charge on any atom is -0.350 e. The van der Waals surface area contributed by atoms with E-state index >= 15 is 0 Å². The first-order valence-electron chi connectivity index (χ1n) is 7.33. The van der Waals surface area contributed by atoms with Gasteiger partial charge in [0.1, 0.15) is 0 Å². The molecule has 3 aromatic rings. The number of nitrogens with zero attached hydrogens (tertiary/aromatic N) is 2. The van der Waals surface area contributed by atoms with Gasteiger partial charge in [0, 0.05) is 22.1 Å². The van der Waals surface area contributed by atoms with Gasteiger partial charge in [-0.05, 0) is 36.1 Å². The standard InChI is InChI=1S/C16H13ClN4O2S2/c17-10-3-1-4-11(9-10)19-14(23)16-21-20-15(25-16)13(22)18-7-6-12-5-2-8-24-12/h1-5,8-9H,6-7H2,(H,18,22)(H,19,23). The van der Waals surface area contributed by atoms with Crippen molar-refractivity contribution in [2.45, 2.75) is 6.42 Å². The Morgan fingerprint density at radius 3 is 2.60 bits per heavy atom. The fraction of sp³-hybridized carbons (Fsp3) is 0.125. The summed E-state index contributed by atoms with van der Waals surface area (Å²) in [5.41, 5.74) is 0.551. The molecule has 6 nitrogen and oxygen atoms in total. The maximum atomic E-state index is 12.2. The van der Waals surface area contributed by atoms with E-state index in [9.17, 15) is 9.59 Å². The lowest BCUT2D eigenvalue weighted by atomic mass is 10.3. The number of hydrogen-bond donors (Lipinski definition) is 2. The number of hydrogen-bond acceptors (Lipinski definition) is 6. The Kier molecular flexibility index (Phi) is 5.75. The summed E-state index contributed by atoms with van der Waals surface area (Å²) in [6.07, 6.45) is 0.754. The fourth-order valence-electron chi connectivity index (χ4n) is 1.99. The highest BCUT2D eigenvalue weighted by Crippen LogP contribution is 2.17. The van der Waals surface area contributed by atoms with Crippen molar-refractivity contribution in [2.24, 2.45) is 0 Å². The van der Waals surface area contributed by atoms with Crippen molar-refractivity contribution in [1.82, 2.24) is 15.5 Å². The van der Waals surface area contributed by atoms with Gasteiger partial charge in [-0.15, -0.1) is 21.5 Å². The van der Waals surface area contributed by atoms with Gasteiger partial charge >= 0.3 is 0 Å². The lowest BCUT2D eigenvalue weighted by Crippen LogP contribution is -2.25. The summed E-state index contributed by atoms with van der Waals surface area (Å²) in [6, 6.07) is 10.8. The Hall–Kier alpha value is -2.29. The van der Waals surface area contributed by atoms with E-state index in [0.717, 1.165) is 17.8 Å². The van der Waals surface area contributed by atoms with E-state index < -0.39 is 5.91 Å². The Morgan fingerprint density at radius 2 is 1.88 bits per heavy atom. The second kappa shape index (κ2) is 8.19. The summed E-state index contributed by atoms with van der Waals surface area (Å²) in [5, 5.41) is 15.8. The largest absolute Gasteiger partial charge is 0.350 e. The Bertz CT molecular complexity index is 880. The smallest absolute Gasteiger partial charge is 0.286 e. The number of amides is 2. The topological polar surface area (TPSA) is 84.0 Å². The molecule has 3 rings (SSSR count). The van der Waals surface area contributed by atoms with Crippen LogP contribution < -0.4 is 10.6 Å². The molecule has 0 unspecified atom stereocenters. The quantitative estimate of drug-likeness (QED) is 0.672. The van der Waals surface area contributed by atoms with Crippen LogP contribution in [0.3, 0.4) is 0 Å². The lowest BCUT2D eigenvalue weighted by molar-refractivity contribution is 0.0952. The molecule has 0 saturated heterocycles. The van der Waals surface area contributed by atoms with E-state index in [1.165, 1.54) is 4.88 Å². The van der Waals surface area contributed by atoms with Crippen molar-refractivity contribution < 1.29 is 9.59 Å². The molecule has 0 bridgehead atoms. The molecule has 128 valence electrons. The predicted molar refractivity (Wildman–Crippen MR) is 99.7 cm³/mol. The third-order valence-corrected chi connectivity index (χ3v) is 5.23. The summed E-state index contributed by atoms with van der Waals surface area (Å²) in [6.45, 7) is 0.503. The first kappa shape index (κ1) is 17.5. The average molecular weight is 393 g/mol. The summed E-state index contributed by atoms with van der Waals surface area (Å²) < 4.78 is 0. The molecular formula is C16H13ClN4O2S2. The zero-order chi connectivity index (χ0) is 17.6. The number of anilines is 1. The van der Waals surface area contributed by atoms with E-state index in [1.54, 1.807) is 35.6 Å². The molecule has 2 aromatic heterocycles. The number of rotatable bonds is 6. The van der Waals surface area contributed by atoms with E-state index in [-0.39, 0.29) is 15.9 Å². The van der Waals surface area contributed by atoms with Gasteiger partial charge in [0.15, 0.2) is 0 Å². The summed E-state index contributed by atoms with van der Waals surface area (Å²) >= 11 is 8.46. The summed E-state index contributed by atoms with van der Waals surface area (Å²) in [4.78, 5) is 25.4. The maximum absolute atomic E-state index is 12.2. The van der Waals surface area contributed by atoms with Gasteiger partial charge in [0.05, 0.1) is 0 Å². The highest BCUT2D eigenvalue weighted by atomic mass is 35.5. The Labute approximate surface area is 156 Å². The van der Waals surface area contributed by atoms with E-state index in [2.05, 4.69) is 20.8 Å². The van der Waals surface area contributed by atoms with Crippen molar-refractivity contribution in [3.05, 3.63) is 61.7 Å². The molecule has 0 aliphatic carbocycles. The number of benzene rings is 1. The van der Waals surface area contributed by atoms with E-state index in [4.69, 9.17) is 11.6 Å². The average Bonchev–Trinajstić information content (AvgIpc) is 3.26. The number of halogens is 1. The highest BCUT2D eigenvalue weighted by molar-refractivity contribution is 7.15. The molecule has 0 fully saturated rings. The van der Waals surface area contributed by atoms with Crippen LogP contribution in [-0.2, 0) is 6.42 Å². The van der Waals surface area contributed by atoms with Gasteiger partial charge in [-0.3, -0.25) is 9.59 Å². The second-order valence-electron chi connectivity index (χ2n) is 4.96. The van der Waals surface area contributed by atoms with Crippen molar-refractivity contribution in [1.29, 1.82) is 0 Å². The molecule has 0 aliphatic rings. The first-order chi connectivity index (χ1) is 12.1. The molecule has 0 radical (unpaired) electrons. The van der Waals surface area contributed by atoms with Crippen molar-refractivity contribution in [2.75, 3.05) is 11.9 Å². The van der Waals surface area contributed by atoms with E-state index in [1.807, 2.05) is 17.5 Å². The van der Waals surface area contributed by atoms with Crippen LogP contribution >= 0.6 is 34.3 Å². The van der Waals surface area contributed by atoms with Crippen molar-refractivity contribution in [3.8, 4) is 0 Å².